The zero-order chi connectivity index (χ0) is 27.6. The van der Waals surface area contributed by atoms with Crippen LogP contribution in [0.1, 0.15) is 17.6 Å². The molecule has 6 aromatic rings. The minimum Gasteiger partial charge on any atom is -0.422 e. The van der Waals surface area contributed by atoms with E-state index >= 15 is 0 Å². The first-order chi connectivity index (χ1) is 19.5. The Morgan fingerprint density at radius 1 is 1.07 bits per heavy atom. The van der Waals surface area contributed by atoms with Gasteiger partial charge >= 0.3 is 0 Å². The van der Waals surface area contributed by atoms with Crippen LogP contribution in [0.15, 0.2) is 96.3 Å². The molecular formula is C28H22N8O4. The van der Waals surface area contributed by atoms with Crippen molar-refractivity contribution in [1.82, 2.24) is 29.1 Å². The first-order valence-electron chi connectivity index (χ1n) is 12.3. The number of pyridine rings is 2. The summed E-state index contributed by atoms with van der Waals surface area (Å²) < 4.78 is 9.72. The highest BCUT2D eigenvalue weighted by atomic mass is 16.6. The van der Waals surface area contributed by atoms with Gasteiger partial charge in [0.2, 0.25) is 18.0 Å². The van der Waals surface area contributed by atoms with Gasteiger partial charge in [0.1, 0.15) is 18.1 Å². The van der Waals surface area contributed by atoms with E-state index in [1.54, 1.807) is 31.0 Å². The van der Waals surface area contributed by atoms with Gasteiger partial charge in [-0.05, 0) is 29.8 Å². The number of nitrogens with zero attached hydrogens (tertiary/aromatic N) is 8. The van der Waals surface area contributed by atoms with Crippen LogP contribution in [0.5, 0.6) is 0 Å². The van der Waals surface area contributed by atoms with E-state index in [-0.39, 0.29) is 17.3 Å². The number of furan rings is 1. The highest BCUT2D eigenvalue weighted by Crippen LogP contribution is 2.34. The molecule has 0 aliphatic heterocycles. The van der Waals surface area contributed by atoms with Gasteiger partial charge in [0.25, 0.3) is 5.69 Å². The number of hydrogen-bond donors (Lipinski definition) is 0. The molecule has 0 unspecified atom stereocenters. The van der Waals surface area contributed by atoms with Crippen LogP contribution in [0.3, 0.4) is 0 Å². The van der Waals surface area contributed by atoms with Crippen molar-refractivity contribution in [3.63, 3.8) is 0 Å². The summed E-state index contributed by atoms with van der Waals surface area (Å²) in [6.07, 6.45) is 10.9. The quantitative estimate of drug-likeness (QED) is 0.148. The molecule has 0 radical (unpaired) electrons. The van der Waals surface area contributed by atoms with Crippen molar-refractivity contribution in [1.29, 1.82) is 0 Å². The predicted octanol–water partition coefficient (Wildman–Crippen LogP) is 4.66. The molecule has 12 heteroatoms. The van der Waals surface area contributed by atoms with Gasteiger partial charge in [0, 0.05) is 61.0 Å². The maximum absolute atomic E-state index is 12.6. The molecule has 198 valence electrons. The molecule has 5 heterocycles. The lowest BCUT2D eigenvalue weighted by atomic mass is 10.1. The third kappa shape index (κ3) is 4.58. The summed E-state index contributed by atoms with van der Waals surface area (Å²) in [4.78, 5) is 42.0. The van der Waals surface area contributed by atoms with E-state index in [1.807, 2.05) is 64.8 Å². The second kappa shape index (κ2) is 10.3. The van der Waals surface area contributed by atoms with Crippen molar-refractivity contribution in [3.05, 3.63) is 114 Å². The third-order valence-electron chi connectivity index (χ3n) is 6.68. The van der Waals surface area contributed by atoms with Crippen LogP contribution in [-0.2, 0) is 18.3 Å². The van der Waals surface area contributed by atoms with E-state index in [9.17, 15) is 14.9 Å². The average molecular weight is 535 g/mol. The Kier molecular flexibility index (Phi) is 6.32. The van der Waals surface area contributed by atoms with Crippen LogP contribution >= 0.6 is 0 Å². The van der Waals surface area contributed by atoms with Crippen LogP contribution in [-0.4, -0.2) is 40.4 Å². The van der Waals surface area contributed by atoms with Crippen molar-refractivity contribution < 1.29 is 14.1 Å². The first kappa shape index (κ1) is 24.7. The predicted molar refractivity (Wildman–Crippen MR) is 146 cm³/mol. The number of imidazole rings is 2. The molecule has 0 fully saturated rings. The maximum atomic E-state index is 12.6. The maximum Gasteiger partial charge on any atom is 0.288 e. The molecule has 0 spiro atoms. The number of anilines is 1. The molecule has 0 saturated heterocycles. The Morgan fingerprint density at radius 3 is 2.62 bits per heavy atom. The van der Waals surface area contributed by atoms with Gasteiger partial charge in [-0.15, -0.1) is 0 Å². The fourth-order valence-corrected chi connectivity index (χ4v) is 4.66. The highest BCUT2D eigenvalue weighted by molar-refractivity contribution is 5.84. The van der Waals surface area contributed by atoms with Crippen LogP contribution in [0.25, 0.3) is 28.0 Å². The molecule has 1 aromatic carbocycles. The lowest BCUT2D eigenvalue weighted by molar-refractivity contribution is -0.385. The fourth-order valence-electron chi connectivity index (χ4n) is 4.66. The number of nitro groups is 1. The number of carbonyl (C=O) groups excluding carboxylic acids is 1. The molecule has 6 rings (SSSR count). The average Bonchev–Trinajstić information content (AvgIpc) is 3.73. The van der Waals surface area contributed by atoms with Gasteiger partial charge in [-0.2, -0.15) is 0 Å². The van der Waals surface area contributed by atoms with Crippen LogP contribution in [0.2, 0.25) is 0 Å². The van der Waals surface area contributed by atoms with Crippen LogP contribution < -0.4 is 4.90 Å². The van der Waals surface area contributed by atoms with Gasteiger partial charge in [-0.3, -0.25) is 24.8 Å². The molecular weight excluding hydrogens is 512 g/mol. The Bertz CT molecular complexity index is 1790. The van der Waals surface area contributed by atoms with E-state index in [0.29, 0.717) is 24.0 Å². The zero-order valence-corrected chi connectivity index (χ0v) is 21.2. The Morgan fingerprint density at radius 2 is 1.93 bits per heavy atom. The fraction of sp³-hybridized carbons (Fsp3) is 0.107. The number of fused-ring (bicyclic) bond motifs is 1. The largest absolute Gasteiger partial charge is 0.422 e. The normalized spacial score (nSPS) is 11.9. The molecule has 40 heavy (non-hydrogen) atoms. The van der Waals surface area contributed by atoms with Gasteiger partial charge < -0.3 is 13.6 Å². The van der Waals surface area contributed by atoms with Crippen molar-refractivity contribution in [2.75, 3.05) is 4.90 Å². The summed E-state index contributed by atoms with van der Waals surface area (Å²) in [5.41, 5.74) is 3.53. The van der Waals surface area contributed by atoms with E-state index in [4.69, 9.17) is 9.40 Å². The Balaban J connectivity index is 1.40. The van der Waals surface area contributed by atoms with Crippen LogP contribution in [0, 0.1) is 10.1 Å². The van der Waals surface area contributed by atoms with E-state index in [0.717, 1.165) is 28.8 Å². The summed E-state index contributed by atoms with van der Waals surface area (Å²) in [6.45, 7) is 0. The van der Waals surface area contributed by atoms with Gasteiger partial charge in [-0.1, -0.05) is 18.2 Å². The minimum atomic E-state index is -0.605. The summed E-state index contributed by atoms with van der Waals surface area (Å²) in [6, 6.07) is 15.9. The standard InChI is InChI=1S/C28H22N8O4/c1-33-25(19-5-7-22(8-6-19)34-11-10-29-17-34)16-31-27(33)24(14-21-4-2-3-9-30-21)35(18-37)26-13-20-12-23(36(38)39)15-32-28(20)40-26/h2-13,15-18,24H,14H2,1H3/t24-/m0/s1. The topological polar surface area (TPSA) is 138 Å². The monoisotopic (exact) mass is 534 g/mol. The number of carbonyl (C=O) groups is 1. The molecule has 1 atom stereocenters. The Labute approximate surface area is 227 Å². The number of rotatable bonds is 9. The van der Waals surface area contributed by atoms with Crippen molar-refractivity contribution >= 4 is 29.1 Å². The molecule has 1 amide bonds. The van der Waals surface area contributed by atoms with Crippen molar-refractivity contribution in [2.24, 2.45) is 7.05 Å². The second-order valence-electron chi connectivity index (χ2n) is 9.06. The van der Waals surface area contributed by atoms with Crippen LogP contribution in [0.4, 0.5) is 11.6 Å². The molecule has 5 aromatic heterocycles. The zero-order valence-electron chi connectivity index (χ0n) is 21.2. The summed E-state index contributed by atoms with van der Waals surface area (Å²) in [7, 11) is 1.89. The van der Waals surface area contributed by atoms with Crippen molar-refractivity contribution in [2.45, 2.75) is 12.5 Å². The number of hydrogen-bond acceptors (Lipinski definition) is 8. The number of benzene rings is 1. The summed E-state index contributed by atoms with van der Waals surface area (Å²) in [5, 5.41) is 11.6. The third-order valence-corrected chi connectivity index (χ3v) is 6.68. The SMILES string of the molecule is Cn1c(-c2ccc(-n3ccnc3)cc2)cnc1[C@H](Cc1ccccn1)N(C=O)c1cc2cc([N+](=O)[O-])cnc2o1. The second-order valence-corrected chi connectivity index (χ2v) is 9.06. The minimum absolute atomic E-state index is 0.171. The number of amides is 1. The molecule has 0 saturated carbocycles. The summed E-state index contributed by atoms with van der Waals surface area (Å²) >= 11 is 0. The molecule has 0 aliphatic rings. The lowest BCUT2D eigenvalue weighted by Gasteiger charge is -2.26. The Hall–Kier alpha value is -5.65. The van der Waals surface area contributed by atoms with E-state index < -0.39 is 11.0 Å². The molecule has 12 nitrogen and oxygen atoms in total. The van der Waals surface area contributed by atoms with E-state index in [1.165, 1.54) is 11.0 Å². The van der Waals surface area contributed by atoms with Gasteiger partial charge in [0.15, 0.2) is 0 Å². The number of aromatic nitrogens is 6. The van der Waals surface area contributed by atoms with Crippen molar-refractivity contribution in [3.8, 4) is 16.9 Å². The molecule has 0 bridgehead atoms. The highest BCUT2D eigenvalue weighted by Gasteiger charge is 2.29. The first-order valence-corrected chi connectivity index (χ1v) is 12.3. The summed E-state index contributed by atoms with van der Waals surface area (Å²) in [5.74, 6) is 0.791. The van der Waals surface area contributed by atoms with Gasteiger partial charge in [-0.25, -0.2) is 15.0 Å². The smallest absolute Gasteiger partial charge is 0.288 e. The molecule has 0 aliphatic carbocycles. The lowest BCUT2D eigenvalue weighted by Crippen LogP contribution is -2.31. The van der Waals surface area contributed by atoms with E-state index in [2.05, 4.69) is 15.0 Å². The van der Waals surface area contributed by atoms with Gasteiger partial charge in [0.05, 0.1) is 23.1 Å². The molecule has 0 N–H and O–H groups in total.